The van der Waals surface area contributed by atoms with Gasteiger partial charge in [-0.15, -0.1) is 11.8 Å². The Kier molecular flexibility index (Phi) is 5.60. The Morgan fingerprint density at radius 3 is 2.72 bits per heavy atom. The summed E-state index contributed by atoms with van der Waals surface area (Å²) in [5.74, 6) is -0.438. The van der Waals surface area contributed by atoms with Crippen molar-refractivity contribution in [3.8, 4) is 0 Å². The van der Waals surface area contributed by atoms with E-state index in [1.165, 1.54) is 11.8 Å². The Hall–Kier alpha value is -2.05. The van der Waals surface area contributed by atoms with E-state index in [2.05, 4.69) is 15.9 Å². The summed E-state index contributed by atoms with van der Waals surface area (Å²) < 4.78 is 11.5. The first-order valence-electron chi connectivity index (χ1n) is 7.59. The first-order chi connectivity index (χ1) is 12.0. The SMILES string of the molecule is Cc1cc(Br)ccc1SCC(=O)OCC(=O)c1cc2ccccc2o1. The van der Waals surface area contributed by atoms with E-state index in [4.69, 9.17) is 9.15 Å². The number of benzene rings is 2. The number of carbonyl (C=O) groups is 2. The number of esters is 1. The number of ketones is 1. The number of thioether (sulfide) groups is 1. The van der Waals surface area contributed by atoms with Crippen molar-refractivity contribution >= 4 is 50.4 Å². The van der Waals surface area contributed by atoms with Gasteiger partial charge in [-0.3, -0.25) is 9.59 Å². The Morgan fingerprint density at radius 2 is 1.96 bits per heavy atom. The molecule has 4 nitrogen and oxygen atoms in total. The van der Waals surface area contributed by atoms with E-state index >= 15 is 0 Å². The van der Waals surface area contributed by atoms with Crippen molar-refractivity contribution in [2.75, 3.05) is 12.4 Å². The zero-order valence-corrected chi connectivity index (χ0v) is 15.9. The van der Waals surface area contributed by atoms with Crippen LogP contribution in [-0.4, -0.2) is 24.1 Å². The summed E-state index contributed by atoms with van der Waals surface area (Å²) in [5.41, 5.74) is 1.71. The third kappa shape index (κ3) is 4.52. The molecule has 25 heavy (non-hydrogen) atoms. The third-order valence-corrected chi connectivity index (χ3v) is 5.19. The highest BCUT2D eigenvalue weighted by molar-refractivity contribution is 9.10. The quantitative estimate of drug-likeness (QED) is 0.319. The van der Waals surface area contributed by atoms with Gasteiger partial charge in [0.2, 0.25) is 5.78 Å². The van der Waals surface area contributed by atoms with Gasteiger partial charge in [-0.05, 0) is 42.8 Å². The van der Waals surface area contributed by atoms with Gasteiger partial charge in [0.1, 0.15) is 5.58 Å². The van der Waals surface area contributed by atoms with Crippen LogP contribution in [0.5, 0.6) is 0 Å². The smallest absolute Gasteiger partial charge is 0.316 e. The predicted molar refractivity (Wildman–Crippen MR) is 101 cm³/mol. The fourth-order valence-corrected chi connectivity index (χ4v) is 3.57. The van der Waals surface area contributed by atoms with Crippen LogP contribution < -0.4 is 0 Å². The molecule has 0 spiro atoms. The monoisotopic (exact) mass is 418 g/mol. The molecule has 0 atom stereocenters. The maximum Gasteiger partial charge on any atom is 0.316 e. The highest BCUT2D eigenvalue weighted by atomic mass is 79.9. The molecule has 128 valence electrons. The second-order valence-electron chi connectivity index (χ2n) is 5.43. The molecule has 0 fully saturated rings. The second-order valence-corrected chi connectivity index (χ2v) is 7.36. The molecule has 0 amide bonds. The molecule has 0 unspecified atom stereocenters. The molecule has 2 aromatic carbocycles. The number of fused-ring (bicyclic) bond motifs is 1. The van der Waals surface area contributed by atoms with Gasteiger partial charge < -0.3 is 9.15 Å². The number of hydrogen-bond donors (Lipinski definition) is 0. The lowest BCUT2D eigenvalue weighted by Crippen LogP contribution is -2.15. The fraction of sp³-hybridized carbons (Fsp3) is 0.158. The third-order valence-electron chi connectivity index (χ3n) is 3.55. The minimum atomic E-state index is -0.434. The molecule has 0 N–H and O–H groups in total. The van der Waals surface area contributed by atoms with Crippen molar-refractivity contribution in [3.63, 3.8) is 0 Å². The van der Waals surface area contributed by atoms with Crippen molar-refractivity contribution < 1.29 is 18.7 Å². The summed E-state index contributed by atoms with van der Waals surface area (Å²) in [7, 11) is 0. The van der Waals surface area contributed by atoms with E-state index in [1.807, 2.05) is 43.3 Å². The van der Waals surface area contributed by atoms with Crippen LogP contribution in [-0.2, 0) is 9.53 Å². The molecule has 0 radical (unpaired) electrons. The van der Waals surface area contributed by atoms with Gasteiger partial charge in [0, 0.05) is 14.8 Å². The van der Waals surface area contributed by atoms with Crippen LogP contribution in [0.15, 0.2) is 62.3 Å². The molecule has 6 heteroatoms. The van der Waals surface area contributed by atoms with Crippen LogP contribution in [0.25, 0.3) is 11.0 Å². The standard InChI is InChI=1S/C19H15BrO4S/c1-12-8-14(20)6-7-18(12)25-11-19(22)23-10-15(21)17-9-13-4-2-3-5-16(13)24-17/h2-9H,10-11H2,1H3. The number of Topliss-reactive ketones (excluding diaryl/α,β-unsaturated/α-hetero) is 1. The molecule has 0 aliphatic carbocycles. The normalized spacial score (nSPS) is 10.8. The van der Waals surface area contributed by atoms with Gasteiger partial charge in [-0.25, -0.2) is 0 Å². The average molecular weight is 419 g/mol. The summed E-state index contributed by atoms with van der Waals surface area (Å²) >= 11 is 4.79. The Labute approximate surface area is 157 Å². The largest absolute Gasteiger partial charge is 0.457 e. The number of aryl methyl sites for hydroxylation is 1. The van der Waals surface area contributed by atoms with Crippen molar-refractivity contribution in [2.45, 2.75) is 11.8 Å². The van der Waals surface area contributed by atoms with Crippen LogP contribution in [0.3, 0.4) is 0 Å². The van der Waals surface area contributed by atoms with E-state index in [0.717, 1.165) is 20.3 Å². The van der Waals surface area contributed by atoms with Gasteiger partial charge in [0.15, 0.2) is 12.4 Å². The number of hydrogen-bond acceptors (Lipinski definition) is 5. The van der Waals surface area contributed by atoms with Crippen molar-refractivity contribution in [1.82, 2.24) is 0 Å². The van der Waals surface area contributed by atoms with E-state index in [9.17, 15) is 9.59 Å². The molecule has 0 saturated heterocycles. The lowest BCUT2D eigenvalue weighted by atomic mass is 10.2. The maximum absolute atomic E-state index is 12.1. The molecule has 3 aromatic rings. The van der Waals surface area contributed by atoms with Crippen molar-refractivity contribution in [2.24, 2.45) is 0 Å². The summed E-state index contributed by atoms with van der Waals surface area (Å²) in [4.78, 5) is 25.0. The first kappa shape index (κ1) is 17.8. The molecular weight excluding hydrogens is 404 g/mol. The molecule has 0 aliphatic heterocycles. The number of furan rings is 1. The number of carbonyl (C=O) groups excluding carboxylic acids is 2. The van der Waals surface area contributed by atoms with Gasteiger partial charge in [0.05, 0.1) is 5.75 Å². The van der Waals surface area contributed by atoms with Gasteiger partial charge in [-0.1, -0.05) is 34.1 Å². The van der Waals surface area contributed by atoms with Gasteiger partial charge >= 0.3 is 5.97 Å². The maximum atomic E-state index is 12.1. The molecule has 0 bridgehead atoms. The number of ether oxygens (including phenoxy) is 1. The summed E-state index contributed by atoms with van der Waals surface area (Å²) in [6.07, 6.45) is 0. The topological polar surface area (TPSA) is 56.5 Å². The number of rotatable bonds is 6. The highest BCUT2D eigenvalue weighted by Crippen LogP contribution is 2.25. The molecule has 1 heterocycles. The zero-order chi connectivity index (χ0) is 17.8. The van der Waals surface area contributed by atoms with Crippen LogP contribution in [0, 0.1) is 6.92 Å². The number of para-hydroxylation sites is 1. The Morgan fingerprint density at radius 1 is 1.16 bits per heavy atom. The predicted octanol–water partition coefficient (Wildman–Crippen LogP) is 5.02. The molecule has 0 aliphatic rings. The lowest BCUT2D eigenvalue weighted by Gasteiger charge is -2.06. The van der Waals surface area contributed by atoms with Gasteiger partial charge in [-0.2, -0.15) is 0 Å². The first-order valence-corrected chi connectivity index (χ1v) is 9.37. The molecular formula is C19H15BrO4S. The molecule has 0 saturated carbocycles. The summed E-state index contributed by atoms with van der Waals surface area (Å²) in [6.45, 7) is 1.65. The van der Waals surface area contributed by atoms with Crippen LogP contribution in [0.2, 0.25) is 0 Å². The summed E-state index contributed by atoms with van der Waals surface area (Å²) in [5, 5.41) is 0.846. The van der Waals surface area contributed by atoms with E-state index in [-0.39, 0.29) is 23.9 Å². The second kappa shape index (κ2) is 7.89. The zero-order valence-electron chi connectivity index (χ0n) is 13.5. The summed E-state index contributed by atoms with van der Waals surface area (Å²) in [6, 6.07) is 14.9. The minimum Gasteiger partial charge on any atom is -0.457 e. The molecule has 1 aromatic heterocycles. The Bertz CT molecular complexity index is 899. The highest BCUT2D eigenvalue weighted by Gasteiger charge is 2.15. The number of halogens is 1. The lowest BCUT2D eigenvalue weighted by molar-refractivity contribution is -0.139. The van der Waals surface area contributed by atoms with E-state index in [0.29, 0.717) is 5.58 Å². The van der Waals surface area contributed by atoms with Crippen LogP contribution >= 0.6 is 27.7 Å². The van der Waals surface area contributed by atoms with E-state index < -0.39 is 5.97 Å². The van der Waals surface area contributed by atoms with Crippen LogP contribution in [0.1, 0.15) is 16.1 Å². The fourth-order valence-electron chi connectivity index (χ4n) is 2.29. The van der Waals surface area contributed by atoms with E-state index in [1.54, 1.807) is 12.1 Å². The van der Waals surface area contributed by atoms with Crippen molar-refractivity contribution in [1.29, 1.82) is 0 Å². The average Bonchev–Trinajstić information content (AvgIpc) is 3.03. The van der Waals surface area contributed by atoms with Crippen molar-refractivity contribution in [3.05, 3.63) is 64.3 Å². The Balaban J connectivity index is 1.52. The minimum absolute atomic E-state index is 0.149. The van der Waals surface area contributed by atoms with Crippen LogP contribution in [0.4, 0.5) is 0 Å². The van der Waals surface area contributed by atoms with Gasteiger partial charge in [0.25, 0.3) is 0 Å². The molecule has 3 rings (SSSR count).